The molecule has 140 valence electrons. The van der Waals surface area contributed by atoms with Crippen molar-refractivity contribution in [1.29, 1.82) is 0 Å². The zero-order chi connectivity index (χ0) is 18.6. The minimum absolute atomic E-state index is 0.140. The number of benzene rings is 2. The topological polar surface area (TPSA) is 56.6 Å². The lowest BCUT2D eigenvalue weighted by atomic mass is 10.3. The normalized spacial score (nSPS) is 13.9. The van der Waals surface area contributed by atoms with E-state index in [1.807, 2.05) is 58.0 Å². The molecule has 0 bridgehead atoms. The van der Waals surface area contributed by atoms with E-state index in [4.69, 9.17) is 9.47 Å². The Bertz CT molecular complexity index is 927. The second-order valence-electron chi connectivity index (χ2n) is 6.65. The molecule has 0 saturated carbocycles. The van der Waals surface area contributed by atoms with E-state index in [0.29, 0.717) is 13.2 Å². The van der Waals surface area contributed by atoms with Gasteiger partial charge in [-0.15, -0.1) is 0 Å². The van der Waals surface area contributed by atoms with Crippen molar-refractivity contribution in [2.75, 3.05) is 20.2 Å². The maximum absolute atomic E-state index is 12.7. The van der Waals surface area contributed by atoms with Gasteiger partial charge in [-0.1, -0.05) is 12.1 Å². The van der Waals surface area contributed by atoms with Crippen LogP contribution in [-0.4, -0.2) is 40.6 Å². The maximum Gasteiger partial charge on any atom is 0.242 e. The molecule has 0 atom stereocenters. The monoisotopic (exact) mass is 365 g/mol. The Hall–Kier alpha value is -3.02. The van der Waals surface area contributed by atoms with Gasteiger partial charge in [-0.3, -0.25) is 4.79 Å². The number of methoxy groups -OCH3 is 1. The largest absolute Gasteiger partial charge is 0.497 e. The first kappa shape index (κ1) is 17.4. The summed E-state index contributed by atoms with van der Waals surface area (Å²) >= 11 is 0. The highest BCUT2D eigenvalue weighted by atomic mass is 16.5. The molecule has 1 fully saturated rings. The van der Waals surface area contributed by atoms with Crippen LogP contribution in [0.15, 0.2) is 48.5 Å². The number of imidazole rings is 1. The second-order valence-corrected chi connectivity index (χ2v) is 6.65. The Morgan fingerprint density at radius 2 is 1.74 bits per heavy atom. The van der Waals surface area contributed by atoms with E-state index < -0.39 is 0 Å². The van der Waals surface area contributed by atoms with E-state index in [-0.39, 0.29) is 5.91 Å². The summed E-state index contributed by atoms with van der Waals surface area (Å²) in [6.07, 6.45) is 2.17. The lowest BCUT2D eigenvalue weighted by molar-refractivity contribution is -0.130. The number of fused-ring (bicyclic) bond motifs is 1. The molecule has 1 aliphatic rings. The number of aromatic nitrogens is 2. The van der Waals surface area contributed by atoms with Crippen molar-refractivity contribution in [3.8, 4) is 11.5 Å². The number of rotatable bonds is 6. The molecule has 3 aromatic rings. The van der Waals surface area contributed by atoms with Gasteiger partial charge in [-0.25, -0.2) is 4.98 Å². The Morgan fingerprint density at radius 3 is 2.48 bits per heavy atom. The summed E-state index contributed by atoms with van der Waals surface area (Å²) in [5, 5.41) is 0. The predicted molar refractivity (Wildman–Crippen MR) is 103 cm³/mol. The minimum atomic E-state index is 0.140. The van der Waals surface area contributed by atoms with Crippen molar-refractivity contribution in [1.82, 2.24) is 14.5 Å². The molecule has 0 aliphatic carbocycles. The van der Waals surface area contributed by atoms with E-state index in [1.54, 1.807) is 7.11 Å². The summed E-state index contributed by atoms with van der Waals surface area (Å²) in [5.74, 6) is 2.41. The number of ether oxygens (including phenoxy) is 2. The Morgan fingerprint density at radius 1 is 1.04 bits per heavy atom. The van der Waals surface area contributed by atoms with Gasteiger partial charge in [0.1, 0.15) is 30.5 Å². The number of carbonyl (C=O) groups is 1. The Labute approximate surface area is 158 Å². The lowest BCUT2D eigenvalue weighted by Gasteiger charge is -2.17. The number of amides is 1. The lowest BCUT2D eigenvalue weighted by Crippen LogP contribution is -2.31. The van der Waals surface area contributed by atoms with Crippen molar-refractivity contribution < 1.29 is 14.3 Å². The smallest absolute Gasteiger partial charge is 0.242 e. The molecule has 6 nitrogen and oxygen atoms in total. The van der Waals surface area contributed by atoms with Crippen LogP contribution in [0.1, 0.15) is 18.7 Å². The average molecular weight is 365 g/mol. The molecule has 2 heterocycles. The van der Waals surface area contributed by atoms with E-state index in [0.717, 1.165) is 54.3 Å². The van der Waals surface area contributed by atoms with E-state index in [2.05, 4.69) is 4.98 Å². The van der Waals surface area contributed by atoms with Gasteiger partial charge in [-0.05, 0) is 49.2 Å². The zero-order valence-electron chi connectivity index (χ0n) is 15.4. The van der Waals surface area contributed by atoms with Crippen molar-refractivity contribution in [3.63, 3.8) is 0 Å². The maximum atomic E-state index is 12.7. The standard InChI is InChI=1S/C21H23N3O3/c1-26-16-8-10-17(11-9-16)27-15-20-22-18-6-2-3-7-19(18)24(20)14-21(25)23-12-4-5-13-23/h2-3,6-11H,4-5,12-15H2,1H3. The van der Waals surface area contributed by atoms with Crippen LogP contribution in [-0.2, 0) is 17.9 Å². The SMILES string of the molecule is COc1ccc(OCc2nc3ccccc3n2CC(=O)N2CCCC2)cc1. The highest BCUT2D eigenvalue weighted by Gasteiger charge is 2.21. The van der Waals surface area contributed by atoms with Crippen molar-refractivity contribution in [2.45, 2.75) is 26.0 Å². The van der Waals surface area contributed by atoms with Crippen LogP contribution in [0.5, 0.6) is 11.5 Å². The van der Waals surface area contributed by atoms with Crippen LogP contribution >= 0.6 is 0 Å². The second kappa shape index (κ2) is 7.70. The molecule has 2 aromatic carbocycles. The fourth-order valence-corrected chi connectivity index (χ4v) is 3.43. The quantitative estimate of drug-likeness (QED) is 0.673. The summed E-state index contributed by atoms with van der Waals surface area (Å²) in [5.41, 5.74) is 1.83. The van der Waals surface area contributed by atoms with Crippen molar-refractivity contribution >= 4 is 16.9 Å². The van der Waals surface area contributed by atoms with E-state index >= 15 is 0 Å². The van der Waals surface area contributed by atoms with Crippen LogP contribution in [0.25, 0.3) is 11.0 Å². The van der Waals surface area contributed by atoms with Crippen molar-refractivity contribution in [3.05, 3.63) is 54.4 Å². The molecular formula is C21H23N3O3. The van der Waals surface area contributed by atoms with Gasteiger partial charge < -0.3 is 18.9 Å². The molecule has 0 radical (unpaired) electrons. The third kappa shape index (κ3) is 3.74. The molecule has 1 amide bonds. The van der Waals surface area contributed by atoms with Crippen LogP contribution in [0, 0.1) is 0 Å². The number of carbonyl (C=O) groups excluding carboxylic acids is 1. The molecule has 1 aromatic heterocycles. The molecule has 0 spiro atoms. The first-order valence-electron chi connectivity index (χ1n) is 9.23. The van der Waals surface area contributed by atoms with Gasteiger partial charge in [0.25, 0.3) is 0 Å². The molecule has 27 heavy (non-hydrogen) atoms. The van der Waals surface area contributed by atoms with Gasteiger partial charge in [0, 0.05) is 13.1 Å². The summed E-state index contributed by atoms with van der Waals surface area (Å²) in [6.45, 7) is 2.29. The van der Waals surface area contributed by atoms with Gasteiger partial charge in [0.05, 0.1) is 18.1 Å². The van der Waals surface area contributed by atoms with Crippen LogP contribution < -0.4 is 9.47 Å². The first-order valence-corrected chi connectivity index (χ1v) is 9.23. The highest BCUT2D eigenvalue weighted by molar-refractivity contribution is 5.81. The predicted octanol–water partition coefficient (Wildman–Crippen LogP) is 3.25. The third-order valence-electron chi connectivity index (χ3n) is 4.91. The molecule has 1 saturated heterocycles. The first-order chi connectivity index (χ1) is 13.2. The fourth-order valence-electron chi connectivity index (χ4n) is 3.43. The van der Waals surface area contributed by atoms with Gasteiger partial charge in [-0.2, -0.15) is 0 Å². The zero-order valence-corrected chi connectivity index (χ0v) is 15.4. The fraction of sp³-hybridized carbons (Fsp3) is 0.333. The molecular weight excluding hydrogens is 342 g/mol. The third-order valence-corrected chi connectivity index (χ3v) is 4.91. The number of hydrogen-bond donors (Lipinski definition) is 0. The van der Waals surface area contributed by atoms with E-state index in [9.17, 15) is 4.79 Å². The Kier molecular flexibility index (Phi) is 4.96. The molecule has 0 unspecified atom stereocenters. The number of para-hydroxylation sites is 2. The van der Waals surface area contributed by atoms with Crippen LogP contribution in [0.3, 0.4) is 0 Å². The Balaban J connectivity index is 1.56. The molecule has 4 rings (SSSR count). The van der Waals surface area contributed by atoms with Crippen LogP contribution in [0.2, 0.25) is 0 Å². The van der Waals surface area contributed by atoms with Gasteiger partial charge in [0.2, 0.25) is 5.91 Å². The minimum Gasteiger partial charge on any atom is -0.497 e. The summed E-state index contributed by atoms with van der Waals surface area (Å²) in [7, 11) is 1.63. The summed E-state index contributed by atoms with van der Waals surface area (Å²) in [6, 6.07) is 15.3. The molecule has 1 aliphatic heterocycles. The molecule has 0 N–H and O–H groups in total. The summed E-state index contributed by atoms with van der Waals surface area (Å²) in [4.78, 5) is 19.3. The molecule has 6 heteroatoms. The highest BCUT2D eigenvalue weighted by Crippen LogP contribution is 2.21. The van der Waals surface area contributed by atoms with Crippen LogP contribution in [0.4, 0.5) is 0 Å². The van der Waals surface area contributed by atoms with Gasteiger partial charge >= 0.3 is 0 Å². The number of hydrogen-bond acceptors (Lipinski definition) is 4. The number of nitrogens with zero attached hydrogens (tertiary/aromatic N) is 3. The number of likely N-dealkylation sites (tertiary alicyclic amines) is 1. The summed E-state index contributed by atoms with van der Waals surface area (Å²) < 4.78 is 13.0. The van der Waals surface area contributed by atoms with Crippen molar-refractivity contribution in [2.24, 2.45) is 0 Å². The van der Waals surface area contributed by atoms with Gasteiger partial charge in [0.15, 0.2) is 0 Å². The van der Waals surface area contributed by atoms with E-state index in [1.165, 1.54) is 0 Å². The average Bonchev–Trinajstić information content (AvgIpc) is 3.35.